The van der Waals surface area contributed by atoms with E-state index in [-0.39, 0.29) is 23.7 Å². The van der Waals surface area contributed by atoms with Gasteiger partial charge < -0.3 is 20.0 Å². The summed E-state index contributed by atoms with van der Waals surface area (Å²) in [7, 11) is 2.03. The number of rotatable bonds is 6. The minimum atomic E-state index is -0.273. The molecule has 1 unspecified atom stereocenters. The zero-order valence-electron chi connectivity index (χ0n) is 19.3. The van der Waals surface area contributed by atoms with E-state index >= 15 is 0 Å². The first kappa shape index (κ1) is 22.9. The van der Waals surface area contributed by atoms with Crippen LogP contribution in [0.1, 0.15) is 64.7 Å². The summed E-state index contributed by atoms with van der Waals surface area (Å²) in [6, 6.07) is 7.45. The predicted octanol–water partition coefficient (Wildman–Crippen LogP) is 3.91. The van der Waals surface area contributed by atoms with Gasteiger partial charge in [0.25, 0.3) is 11.8 Å². The number of fused-ring (bicyclic) bond motifs is 2. The summed E-state index contributed by atoms with van der Waals surface area (Å²) < 4.78 is 5.70. The van der Waals surface area contributed by atoms with Crippen molar-refractivity contribution in [1.29, 1.82) is 0 Å². The minimum absolute atomic E-state index is 0.0812. The van der Waals surface area contributed by atoms with Gasteiger partial charge in [-0.3, -0.25) is 14.5 Å². The number of nitrogens with one attached hydrogen (secondary N) is 3. The number of benzene rings is 1. The Balaban J connectivity index is 1.16. The first-order valence-corrected chi connectivity index (χ1v) is 12.4. The van der Waals surface area contributed by atoms with E-state index in [9.17, 15) is 9.59 Å². The standard InChI is InChI=1S/C25H30ClN5O3/c1-31-11-9-20-22(14-31)34-25(30-20)24(33)27-10-8-15-4-2-3-5-18(15)29-23(32)21-13-16-12-17(26)6-7-19(16)28-21/h6-7,12-13,15,18,28H,2-5,8-11,14H2,1H3,(H,27,33)(H,29,32)/t15?,18-/m0/s1. The third kappa shape index (κ3) is 4.98. The number of carbonyl (C=O) groups excluding carboxylic acids is 2. The van der Waals surface area contributed by atoms with E-state index in [4.69, 9.17) is 16.0 Å². The van der Waals surface area contributed by atoms with Crippen LogP contribution < -0.4 is 10.6 Å². The summed E-state index contributed by atoms with van der Waals surface area (Å²) in [5.74, 6) is 0.859. The van der Waals surface area contributed by atoms with Gasteiger partial charge in [-0.2, -0.15) is 0 Å². The molecule has 9 heteroatoms. The van der Waals surface area contributed by atoms with E-state index in [0.717, 1.165) is 67.4 Å². The number of aromatic amines is 1. The second-order valence-electron chi connectivity index (χ2n) is 9.46. The Kier molecular flexibility index (Phi) is 6.61. The number of oxazole rings is 1. The van der Waals surface area contributed by atoms with E-state index in [1.54, 1.807) is 6.07 Å². The third-order valence-electron chi connectivity index (χ3n) is 6.97. The Bertz CT molecular complexity index is 1200. The maximum absolute atomic E-state index is 12.9. The van der Waals surface area contributed by atoms with Crippen molar-refractivity contribution >= 4 is 34.3 Å². The van der Waals surface area contributed by atoms with Gasteiger partial charge in [0.15, 0.2) is 0 Å². The number of amides is 2. The Morgan fingerprint density at radius 1 is 1.24 bits per heavy atom. The fourth-order valence-electron chi connectivity index (χ4n) is 5.08. The van der Waals surface area contributed by atoms with Crippen molar-refractivity contribution in [2.45, 2.75) is 51.1 Å². The molecule has 0 saturated heterocycles. The summed E-state index contributed by atoms with van der Waals surface area (Å²) in [6.45, 7) is 2.12. The second-order valence-corrected chi connectivity index (χ2v) is 9.90. The zero-order chi connectivity index (χ0) is 23.7. The van der Waals surface area contributed by atoms with Crippen molar-refractivity contribution in [3.8, 4) is 0 Å². The van der Waals surface area contributed by atoms with E-state index in [2.05, 4.69) is 25.5 Å². The number of aromatic nitrogens is 2. The Labute approximate surface area is 203 Å². The fourth-order valence-corrected chi connectivity index (χ4v) is 5.26. The van der Waals surface area contributed by atoms with Gasteiger partial charge in [-0.05, 0) is 56.5 Å². The number of likely N-dealkylation sites (N-methyl/N-ethyl adjacent to an activating group) is 1. The van der Waals surface area contributed by atoms with Crippen molar-refractivity contribution < 1.29 is 14.0 Å². The van der Waals surface area contributed by atoms with E-state index in [1.807, 2.05) is 25.2 Å². The average molecular weight is 484 g/mol. The monoisotopic (exact) mass is 483 g/mol. The lowest BCUT2D eigenvalue weighted by atomic mass is 9.82. The average Bonchev–Trinajstić information content (AvgIpc) is 3.43. The van der Waals surface area contributed by atoms with Crippen LogP contribution in [0.4, 0.5) is 0 Å². The highest BCUT2D eigenvalue weighted by atomic mass is 35.5. The number of H-pyrrole nitrogens is 1. The molecule has 1 aliphatic heterocycles. The third-order valence-corrected chi connectivity index (χ3v) is 7.21. The maximum atomic E-state index is 12.9. The van der Waals surface area contributed by atoms with Gasteiger partial charge in [0.05, 0.1) is 12.2 Å². The number of nitrogens with zero attached hydrogens (tertiary/aromatic N) is 2. The van der Waals surface area contributed by atoms with Gasteiger partial charge in [0.1, 0.15) is 11.5 Å². The SMILES string of the molecule is CN1CCc2nc(C(=O)NCCC3CCCC[C@@H]3NC(=O)c3cc4cc(Cl)ccc4[nH]3)oc2C1. The van der Waals surface area contributed by atoms with Crippen LogP contribution in [-0.4, -0.2) is 52.9 Å². The highest BCUT2D eigenvalue weighted by molar-refractivity contribution is 6.31. The molecule has 8 nitrogen and oxygen atoms in total. The molecule has 3 heterocycles. The van der Waals surface area contributed by atoms with Gasteiger partial charge in [-0.15, -0.1) is 0 Å². The molecule has 1 aliphatic carbocycles. The van der Waals surface area contributed by atoms with Crippen LogP contribution in [-0.2, 0) is 13.0 Å². The summed E-state index contributed by atoms with van der Waals surface area (Å²) in [6.07, 6.45) is 5.79. The molecule has 5 rings (SSSR count). The van der Waals surface area contributed by atoms with Gasteiger partial charge in [0.2, 0.25) is 0 Å². The summed E-state index contributed by atoms with van der Waals surface area (Å²) >= 11 is 6.07. The van der Waals surface area contributed by atoms with Crippen LogP contribution in [0.3, 0.4) is 0 Å². The van der Waals surface area contributed by atoms with Crippen LogP contribution >= 0.6 is 11.6 Å². The molecule has 34 heavy (non-hydrogen) atoms. The molecule has 1 saturated carbocycles. The van der Waals surface area contributed by atoms with Crippen molar-refractivity contribution in [2.24, 2.45) is 5.92 Å². The van der Waals surface area contributed by atoms with Gasteiger partial charge >= 0.3 is 5.91 Å². The van der Waals surface area contributed by atoms with E-state index in [1.165, 1.54) is 0 Å². The molecule has 3 N–H and O–H groups in total. The van der Waals surface area contributed by atoms with Gasteiger partial charge in [-0.25, -0.2) is 4.98 Å². The Morgan fingerprint density at radius 3 is 2.97 bits per heavy atom. The second kappa shape index (κ2) is 9.80. The molecule has 180 valence electrons. The lowest BCUT2D eigenvalue weighted by molar-refractivity contribution is 0.0879. The minimum Gasteiger partial charge on any atom is -0.436 e. The van der Waals surface area contributed by atoms with Gasteiger partial charge in [-0.1, -0.05) is 24.4 Å². The molecule has 2 amide bonds. The highest BCUT2D eigenvalue weighted by Gasteiger charge is 2.28. The number of halogens is 1. The van der Waals surface area contributed by atoms with Crippen molar-refractivity contribution in [3.63, 3.8) is 0 Å². The highest BCUT2D eigenvalue weighted by Crippen LogP contribution is 2.28. The van der Waals surface area contributed by atoms with Crippen LogP contribution in [0.2, 0.25) is 5.02 Å². The molecule has 0 spiro atoms. The lowest BCUT2D eigenvalue weighted by Crippen LogP contribution is -2.43. The molecule has 0 bridgehead atoms. The molecule has 2 atom stereocenters. The van der Waals surface area contributed by atoms with Crippen LogP contribution in [0.15, 0.2) is 28.7 Å². The number of carbonyl (C=O) groups is 2. The predicted molar refractivity (Wildman–Crippen MR) is 130 cm³/mol. The molecule has 3 aromatic rings. The lowest BCUT2D eigenvalue weighted by Gasteiger charge is -2.32. The summed E-state index contributed by atoms with van der Waals surface area (Å²) in [5, 5.41) is 7.73. The topological polar surface area (TPSA) is 103 Å². The van der Waals surface area contributed by atoms with E-state index < -0.39 is 0 Å². The van der Waals surface area contributed by atoms with Gasteiger partial charge in [0, 0.05) is 41.5 Å². The molecule has 0 radical (unpaired) electrons. The number of hydrogen-bond acceptors (Lipinski definition) is 5. The van der Waals surface area contributed by atoms with Crippen LogP contribution in [0, 0.1) is 5.92 Å². The molecule has 2 aromatic heterocycles. The van der Waals surface area contributed by atoms with Crippen molar-refractivity contribution in [2.75, 3.05) is 20.1 Å². The quantitative estimate of drug-likeness (QED) is 0.493. The smallest absolute Gasteiger partial charge is 0.307 e. The Hall–Kier alpha value is -2.84. The normalized spacial score (nSPS) is 20.8. The van der Waals surface area contributed by atoms with Crippen LogP contribution in [0.25, 0.3) is 10.9 Å². The largest absolute Gasteiger partial charge is 0.436 e. The maximum Gasteiger partial charge on any atom is 0.307 e. The molecular weight excluding hydrogens is 454 g/mol. The fraction of sp³-hybridized carbons (Fsp3) is 0.480. The summed E-state index contributed by atoms with van der Waals surface area (Å²) in [4.78, 5) is 35.2. The first-order chi connectivity index (χ1) is 16.5. The molecular formula is C25H30ClN5O3. The van der Waals surface area contributed by atoms with Crippen molar-refractivity contribution in [1.82, 2.24) is 25.5 Å². The molecule has 1 aromatic carbocycles. The van der Waals surface area contributed by atoms with E-state index in [0.29, 0.717) is 29.7 Å². The molecule has 1 fully saturated rings. The first-order valence-electron chi connectivity index (χ1n) is 12.0. The van der Waals surface area contributed by atoms with Crippen molar-refractivity contribution in [3.05, 3.63) is 52.3 Å². The summed E-state index contributed by atoms with van der Waals surface area (Å²) in [5.41, 5.74) is 2.31. The zero-order valence-corrected chi connectivity index (χ0v) is 20.1. The number of hydrogen-bond donors (Lipinski definition) is 3. The molecule has 2 aliphatic rings. The van der Waals surface area contributed by atoms with Crippen LogP contribution in [0.5, 0.6) is 0 Å². The Morgan fingerprint density at radius 2 is 2.09 bits per heavy atom.